The molecular weight excluding hydrogens is 294 g/mol. The molecule has 0 saturated carbocycles. The molecule has 1 heterocycles. The molecule has 0 radical (unpaired) electrons. The standard InChI is InChI=1S/C17H23N3OS/c1-19(2)9-10-20(13-16-4-3-11-22-16)17(21)15-7-5-14(12-18)6-8-15/h3-8,11H,9-10,12-13,18H2,1-2H3. The van der Waals surface area contributed by atoms with Gasteiger partial charge >= 0.3 is 0 Å². The molecular formula is C17H23N3OS. The topological polar surface area (TPSA) is 49.6 Å². The zero-order valence-electron chi connectivity index (χ0n) is 13.2. The number of thiophene rings is 1. The Balaban J connectivity index is 2.12. The normalized spacial score (nSPS) is 10.9. The minimum Gasteiger partial charge on any atom is -0.332 e. The molecule has 118 valence electrons. The maximum absolute atomic E-state index is 12.8. The molecule has 0 atom stereocenters. The Morgan fingerprint density at radius 3 is 2.41 bits per heavy atom. The second kappa shape index (κ2) is 8.08. The summed E-state index contributed by atoms with van der Waals surface area (Å²) in [6.07, 6.45) is 0. The van der Waals surface area contributed by atoms with Crippen LogP contribution in [0.2, 0.25) is 0 Å². The van der Waals surface area contributed by atoms with Gasteiger partial charge in [-0.2, -0.15) is 0 Å². The van der Waals surface area contributed by atoms with Crippen LogP contribution >= 0.6 is 11.3 Å². The second-order valence-electron chi connectivity index (χ2n) is 5.51. The van der Waals surface area contributed by atoms with Crippen molar-refractivity contribution in [1.29, 1.82) is 0 Å². The zero-order valence-corrected chi connectivity index (χ0v) is 14.0. The summed E-state index contributed by atoms with van der Waals surface area (Å²) in [6.45, 7) is 2.71. The van der Waals surface area contributed by atoms with Crippen molar-refractivity contribution in [2.45, 2.75) is 13.1 Å². The molecule has 2 N–H and O–H groups in total. The lowest BCUT2D eigenvalue weighted by Crippen LogP contribution is -2.36. The average Bonchev–Trinajstić information content (AvgIpc) is 3.03. The number of carbonyl (C=O) groups is 1. The van der Waals surface area contributed by atoms with Crippen molar-refractivity contribution in [2.24, 2.45) is 5.73 Å². The summed E-state index contributed by atoms with van der Waals surface area (Å²) >= 11 is 1.68. The molecule has 1 aromatic heterocycles. The predicted octanol–water partition coefficient (Wildman–Crippen LogP) is 2.41. The van der Waals surface area contributed by atoms with Gasteiger partial charge in [-0.05, 0) is 43.2 Å². The fourth-order valence-corrected chi connectivity index (χ4v) is 2.85. The summed E-state index contributed by atoms with van der Waals surface area (Å²) in [5.74, 6) is 0.0684. The highest BCUT2D eigenvalue weighted by atomic mass is 32.1. The molecule has 5 heteroatoms. The van der Waals surface area contributed by atoms with Crippen LogP contribution in [-0.2, 0) is 13.1 Å². The lowest BCUT2D eigenvalue weighted by Gasteiger charge is -2.24. The van der Waals surface area contributed by atoms with Crippen molar-refractivity contribution in [1.82, 2.24) is 9.80 Å². The Morgan fingerprint density at radius 1 is 1.14 bits per heavy atom. The van der Waals surface area contributed by atoms with Crippen LogP contribution in [0, 0.1) is 0 Å². The van der Waals surface area contributed by atoms with E-state index < -0.39 is 0 Å². The lowest BCUT2D eigenvalue weighted by atomic mass is 10.1. The van der Waals surface area contributed by atoms with E-state index in [1.165, 1.54) is 4.88 Å². The highest BCUT2D eigenvalue weighted by Crippen LogP contribution is 2.15. The summed E-state index contributed by atoms with van der Waals surface area (Å²) in [4.78, 5) is 18.0. The third kappa shape index (κ3) is 4.66. The predicted molar refractivity (Wildman–Crippen MR) is 91.9 cm³/mol. The molecule has 0 fully saturated rings. The molecule has 1 amide bonds. The SMILES string of the molecule is CN(C)CCN(Cc1cccs1)C(=O)c1ccc(CN)cc1. The van der Waals surface area contributed by atoms with Crippen LogP contribution in [0.1, 0.15) is 20.8 Å². The van der Waals surface area contributed by atoms with Crippen LogP contribution < -0.4 is 5.73 Å². The van der Waals surface area contributed by atoms with Crippen LogP contribution in [0.5, 0.6) is 0 Å². The van der Waals surface area contributed by atoms with Gasteiger partial charge in [0.2, 0.25) is 0 Å². The number of amides is 1. The highest BCUT2D eigenvalue weighted by Gasteiger charge is 2.16. The van der Waals surface area contributed by atoms with E-state index in [0.717, 1.165) is 12.1 Å². The molecule has 0 aliphatic heterocycles. The van der Waals surface area contributed by atoms with E-state index in [1.54, 1.807) is 11.3 Å². The van der Waals surface area contributed by atoms with Gasteiger partial charge in [0.05, 0.1) is 6.54 Å². The summed E-state index contributed by atoms with van der Waals surface area (Å²) in [5.41, 5.74) is 7.36. The third-order valence-electron chi connectivity index (χ3n) is 3.47. The molecule has 0 saturated heterocycles. The van der Waals surface area contributed by atoms with Crippen molar-refractivity contribution in [3.8, 4) is 0 Å². The van der Waals surface area contributed by atoms with Crippen molar-refractivity contribution in [3.05, 3.63) is 57.8 Å². The van der Waals surface area contributed by atoms with Crippen molar-refractivity contribution in [3.63, 3.8) is 0 Å². The monoisotopic (exact) mass is 317 g/mol. The number of benzene rings is 1. The van der Waals surface area contributed by atoms with Crippen LogP contribution in [0.4, 0.5) is 0 Å². The number of rotatable bonds is 7. The Morgan fingerprint density at radius 2 is 1.86 bits per heavy atom. The Bertz CT molecular complexity index is 578. The molecule has 0 aliphatic rings. The van der Waals surface area contributed by atoms with E-state index in [1.807, 2.05) is 54.7 Å². The molecule has 0 unspecified atom stereocenters. The molecule has 4 nitrogen and oxygen atoms in total. The van der Waals surface area contributed by atoms with E-state index in [2.05, 4.69) is 11.0 Å². The van der Waals surface area contributed by atoms with Gasteiger partial charge in [0.15, 0.2) is 0 Å². The average molecular weight is 317 g/mol. The smallest absolute Gasteiger partial charge is 0.254 e. The quantitative estimate of drug-likeness (QED) is 0.853. The largest absolute Gasteiger partial charge is 0.332 e. The molecule has 1 aromatic carbocycles. The number of likely N-dealkylation sites (N-methyl/N-ethyl adjacent to an activating group) is 1. The highest BCUT2D eigenvalue weighted by molar-refractivity contribution is 7.09. The van der Waals surface area contributed by atoms with E-state index in [9.17, 15) is 4.79 Å². The maximum atomic E-state index is 12.8. The van der Waals surface area contributed by atoms with Crippen molar-refractivity contribution >= 4 is 17.2 Å². The number of carbonyl (C=O) groups excluding carboxylic acids is 1. The second-order valence-corrected chi connectivity index (χ2v) is 6.54. The molecule has 2 rings (SSSR count). The Hall–Kier alpha value is -1.69. The third-order valence-corrected chi connectivity index (χ3v) is 4.33. The summed E-state index contributed by atoms with van der Waals surface area (Å²) < 4.78 is 0. The van der Waals surface area contributed by atoms with Gasteiger partial charge in [-0.3, -0.25) is 4.79 Å². The lowest BCUT2D eigenvalue weighted by molar-refractivity contribution is 0.0733. The van der Waals surface area contributed by atoms with Crippen molar-refractivity contribution < 1.29 is 4.79 Å². The van der Waals surface area contributed by atoms with E-state index in [0.29, 0.717) is 25.2 Å². The first-order chi connectivity index (χ1) is 10.6. The summed E-state index contributed by atoms with van der Waals surface area (Å²) in [7, 11) is 4.04. The number of hydrogen-bond donors (Lipinski definition) is 1. The maximum Gasteiger partial charge on any atom is 0.254 e. The van der Waals surface area contributed by atoms with Gasteiger partial charge in [-0.25, -0.2) is 0 Å². The van der Waals surface area contributed by atoms with Crippen LogP contribution in [0.25, 0.3) is 0 Å². The van der Waals surface area contributed by atoms with Gasteiger partial charge in [-0.1, -0.05) is 18.2 Å². The van der Waals surface area contributed by atoms with Gasteiger partial charge < -0.3 is 15.5 Å². The van der Waals surface area contributed by atoms with Crippen LogP contribution in [-0.4, -0.2) is 42.9 Å². The minimum absolute atomic E-state index is 0.0684. The minimum atomic E-state index is 0.0684. The molecule has 0 aliphatic carbocycles. The molecule has 2 aromatic rings. The number of hydrogen-bond acceptors (Lipinski definition) is 4. The first-order valence-electron chi connectivity index (χ1n) is 7.35. The first kappa shape index (κ1) is 16.7. The summed E-state index contributed by atoms with van der Waals surface area (Å²) in [6, 6.07) is 11.6. The molecule has 0 bridgehead atoms. The summed E-state index contributed by atoms with van der Waals surface area (Å²) in [5, 5.41) is 2.04. The van der Waals surface area contributed by atoms with Gasteiger partial charge in [0.25, 0.3) is 5.91 Å². The van der Waals surface area contributed by atoms with Gasteiger partial charge in [0, 0.05) is 30.1 Å². The van der Waals surface area contributed by atoms with Crippen LogP contribution in [0.3, 0.4) is 0 Å². The Labute approximate surface area is 136 Å². The Kier molecular flexibility index (Phi) is 6.12. The molecule has 0 spiro atoms. The van der Waals surface area contributed by atoms with E-state index in [4.69, 9.17) is 5.73 Å². The zero-order chi connectivity index (χ0) is 15.9. The molecule has 22 heavy (non-hydrogen) atoms. The van der Waals surface area contributed by atoms with Gasteiger partial charge in [0.1, 0.15) is 0 Å². The first-order valence-corrected chi connectivity index (χ1v) is 8.23. The fourth-order valence-electron chi connectivity index (χ4n) is 2.13. The number of nitrogens with zero attached hydrogens (tertiary/aromatic N) is 2. The van der Waals surface area contributed by atoms with Crippen molar-refractivity contribution in [2.75, 3.05) is 27.2 Å². The van der Waals surface area contributed by atoms with Gasteiger partial charge in [-0.15, -0.1) is 11.3 Å². The van der Waals surface area contributed by atoms with E-state index >= 15 is 0 Å². The fraction of sp³-hybridized carbons (Fsp3) is 0.353. The van der Waals surface area contributed by atoms with E-state index in [-0.39, 0.29) is 5.91 Å². The van der Waals surface area contributed by atoms with Crippen LogP contribution in [0.15, 0.2) is 41.8 Å². The number of nitrogens with two attached hydrogens (primary N) is 1.